The first-order valence-electron chi connectivity index (χ1n) is 5.42. The van der Waals surface area contributed by atoms with Gasteiger partial charge < -0.3 is 14.4 Å². The molecule has 0 N–H and O–H groups in total. The van der Waals surface area contributed by atoms with Gasteiger partial charge >= 0.3 is 0 Å². The monoisotopic (exact) mass is 237 g/mol. The highest BCUT2D eigenvalue weighted by atomic mass is 16.5. The van der Waals surface area contributed by atoms with Crippen LogP contribution in [0.1, 0.15) is 18.1 Å². The number of nitrogens with zero attached hydrogens (tertiary/aromatic N) is 1. The van der Waals surface area contributed by atoms with Gasteiger partial charge in [-0.15, -0.1) is 0 Å². The maximum Gasteiger partial charge on any atom is 0.219 e. The van der Waals surface area contributed by atoms with E-state index < -0.39 is 0 Å². The van der Waals surface area contributed by atoms with Gasteiger partial charge in [0, 0.05) is 20.5 Å². The van der Waals surface area contributed by atoms with Crippen LogP contribution in [0, 0.1) is 6.92 Å². The zero-order valence-electron chi connectivity index (χ0n) is 11.0. The first-order chi connectivity index (χ1) is 7.99. The Kier molecular flexibility index (Phi) is 4.37. The third kappa shape index (κ3) is 3.12. The molecular weight excluding hydrogens is 218 g/mol. The molecule has 94 valence electrons. The number of amides is 1. The predicted molar refractivity (Wildman–Crippen MR) is 66.4 cm³/mol. The van der Waals surface area contributed by atoms with Gasteiger partial charge in [-0.3, -0.25) is 4.79 Å². The van der Waals surface area contributed by atoms with Gasteiger partial charge in [0.1, 0.15) is 0 Å². The van der Waals surface area contributed by atoms with Crippen molar-refractivity contribution in [2.24, 2.45) is 0 Å². The Morgan fingerprint density at radius 2 is 1.76 bits per heavy atom. The highest BCUT2D eigenvalue weighted by Crippen LogP contribution is 2.30. The molecule has 0 saturated carbocycles. The van der Waals surface area contributed by atoms with Crippen molar-refractivity contribution in [3.63, 3.8) is 0 Å². The number of hydrogen-bond acceptors (Lipinski definition) is 3. The summed E-state index contributed by atoms with van der Waals surface area (Å²) < 4.78 is 10.5. The van der Waals surface area contributed by atoms with E-state index in [0.717, 1.165) is 11.1 Å². The third-order valence-electron chi connectivity index (χ3n) is 2.79. The Labute approximate surface area is 102 Å². The number of rotatable bonds is 4. The fourth-order valence-corrected chi connectivity index (χ4v) is 1.56. The quantitative estimate of drug-likeness (QED) is 0.804. The second-order valence-corrected chi connectivity index (χ2v) is 4.01. The Bertz CT molecular complexity index is 415. The van der Waals surface area contributed by atoms with Crippen molar-refractivity contribution in [1.82, 2.24) is 4.90 Å². The van der Waals surface area contributed by atoms with Crippen molar-refractivity contribution < 1.29 is 14.3 Å². The lowest BCUT2D eigenvalue weighted by Gasteiger charge is -2.18. The number of ether oxygens (including phenoxy) is 2. The second-order valence-electron chi connectivity index (χ2n) is 4.01. The van der Waals surface area contributed by atoms with Gasteiger partial charge in [-0.2, -0.15) is 0 Å². The molecule has 0 aromatic heterocycles. The van der Waals surface area contributed by atoms with E-state index in [1.54, 1.807) is 33.1 Å². The van der Waals surface area contributed by atoms with Crippen LogP contribution >= 0.6 is 0 Å². The van der Waals surface area contributed by atoms with Crippen LogP contribution in [0.5, 0.6) is 11.5 Å². The fraction of sp³-hybridized carbons (Fsp3) is 0.462. The molecule has 0 heterocycles. The number of benzene rings is 1. The summed E-state index contributed by atoms with van der Waals surface area (Å²) in [5.74, 6) is 1.43. The van der Waals surface area contributed by atoms with Crippen molar-refractivity contribution in [2.75, 3.05) is 21.3 Å². The molecule has 1 aromatic carbocycles. The minimum Gasteiger partial charge on any atom is -0.493 e. The van der Waals surface area contributed by atoms with Gasteiger partial charge in [0.15, 0.2) is 11.5 Å². The van der Waals surface area contributed by atoms with Crippen LogP contribution in [-0.2, 0) is 11.3 Å². The van der Waals surface area contributed by atoms with E-state index in [4.69, 9.17) is 9.47 Å². The summed E-state index contributed by atoms with van der Waals surface area (Å²) in [6.07, 6.45) is 0. The molecule has 4 heteroatoms. The van der Waals surface area contributed by atoms with Crippen molar-refractivity contribution in [1.29, 1.82) is 0 Å². The average molecular weight is 237 g/mol. The lowest BCUT2D eigenvalue weighted by Crippen LogP contribution is -2.23. The van der Waals surface area contributed by atoms with Crippen molar-refractivity contribution in [3.8, 4) is 11.5 Å². The van der Waals surface area contributed by atoms with Crippen LogP contribution < -0.4 is 9.47 Å². The van der Waals surface area contributed by atoms with Gasteiger partial charge in [-0.25, -0.2) is 0 Å². The van der Waals surface area contributed by atoms with E-state index in [1.807, 2.05) is 19.1 Å². The lowest BCUT2D eigenvalue weighted by atomic mass is 10.1. The number of methoxy groups -OCH3 is 2. The Morgan fingerprint density at radius 1 is 1.24 bits per heavy atom. The third-order valence-corrected chi connectivity index (χ3v) is 2.79. The summed E-state index contributed by atoms with van der Waals surface area (Å²) in [6.45, 7) is 4.11. The van der Waals surface area contributed by atoms with Gasteiger partial charge in [-0.1, -0.05) is 0 Å². The van der Waals surface area contributed by atoms with Crippen molar-refractivity contribution >= 4 is 5.91 Å². The Hall–Kier alpha value is -1.71. The molecule has 0 atom stereocenters. The summed E-state index contributed by atoms with van der Waals surface area (Å²) in [4.78, 5) is 12.9. The lowest BCUT2D eigenvalue weighted by molar-refractivity contribution is -0.128. The zero-order valence-corrected chi connectivity index (χ0v) is 11.0. The van der Waals surface area contributed by atoms with Crippen LogP contribution in [-0.4, -0.2) is 32.1 Å². The molecule has 1 amide bonds. The molecule has 17 heavy (non-hydrogen) atoms. The second kappa shape index (κ2) is 5.57. The SMILES string of the molecule is COc1cc(C)c(CN(C)C(C)=O)cc1OC. The highest BCUT2D eigenvalue weighted by Gasteiger charge is 2.11. The molecule has 0 aliphatic carbocycles. The molecular formula is C13H19NO3. The maximum atomic E-state index is 11.2. The molecule has 0 aliphatic rings. The normalized spacial score (nSPS) is 9.94. The van der Waals surface area contributed by atoms with Gasteiger partial charge in [0.05, 0.1) is 14.2 Å². The van der Waals surface area contributed by atoms with Crippen LogP contribution in [0.15, 0.2) is 12.1 Å². The number of carbonyl (C=O) groups excluding carboxylic acids is 1. The fourth-order valence-electron chi connectivity index (χ4n) is 1.56. The molecule has 1 aromatic rings. The van der Waals surface area contributed by atoms with Gasteiger partial charge in [0.25, 0.3) is 0 Å². The van der Waals surface area contributed by atoms with Gasteiger partial charge in [0.2, 0.25) is 5.91 Å². The van der Waals surface area contributed by atoms with E-state index in [1.165, 1.54) is 0 Å². The molecule has 0 bridgehead atoms. The Morgan fingerprint density at radius 3 is 2.24 bits per heavy atom. The molecule has 0 saturated heterocycles. The van der Waals surface area contributed by atoms with Gasteiger partial charge in [-0.05, 0) is 30.2 Å². The summed E-state index contributed by atoms with van der Waals surface area (Å²) in [6, 6.07) is 3.83. The van der Waals surface area contributed by atoms with Crippen LogP contribution in [0.25, 0.3) is 0 Å². The van der Waals surface area contributed by atoms with Crippen molar-refractivity contribution in [2.45, 2.75) is 20.4 Å². The van der Waals surface area contributed by atoms with E-state index in [9.17, 15) is 4.79 Å². The zero-order chi connectivity index (χ0) is 13.0. The minimum atomic E-state index is 0.0409. The number of aryl methyl sites for hydroxylation is 1. The Balaban J connectivity index is 3.04. The molecule has 0 aliphatic heterocycles. The minimum absolute atomic E-state index is 0.0409. The number of carbonyl (C=O) groups is 1. The summed E-state index contributed by atoms with van der Waals surface area (Å²) in [5.41, 5.74) is 2.14. The topological polar surface area (TPSA) is 38.8 Å². The summed E-state index contributed by atoms with van der Waals surface area (Å²) in [7, 11) is 4.99. The maximum absolute atomic E-state index is 11.2. The summed E-state index contributed by atoms with van der Waals surface area (Å²) in [5, 5.41) is 0. The molecule has 0 radical (unpaired) electrons. The molecule has 0 fully saturated rings. The molecule has 4 nitrogen and oxygen atoms in total. The molecule has 0 unspecified atom stereocenters. The largest absolute Gasteiger partial charge is 0.493 e. The average Bonchev–Trinajstić information content (AvgIpc) is 2.30. The van der Waals surface area contributed by atoms with E-state index in [0.29, 0.717) is 18.0 Å². The first kappa shape index (κ1) is 13.4. The van der Waals surface area contributed by atoms with Crippen LogP contribution in [0.4, 0.5) is 0 Å². The molecule has 1 rings (SSSR count). The highest BCUT2D eigenvalue weighted by molar-refractivity contribution is 5.72. The standard InChI is InChI=1S/C13H19NO3/c1-9-6-12(16-4)13(17-5)7-11(9)8-14(3)10(2)15/h6-7H,8H2,1-5H3. The predicted octanol–water partition coefficient (Wildman–Crippen LogP) is 1.99. The molecule has 0 spiro atoms. The van der Waals surface area contributed by atoms with E-state index in [2.05, 4.69) is 0 Å². The first-order valence-corrected chi connectivity index (χ1v) is 5.42. The summed E-state index contributed by atoms with van der Waals surface area (Å²) >= 11 is 0. The van der Waals surface area contributed by atoms with Crippen LogP contribution in [0.3, 0.4) is 0 Å². The number of hydrogen-bond donors (Lipinski definition) is 0. The van der Waals surface area contributed by atoms with E-state index >= 15 is 0 Å². The van der Waals surface area contributed by atoms with Crippen molar-refractivity contribution in [3.05, 3.63) is 23.3 Å². The van der Waals surface area contributed by atoms with E-state index in [-0.39, 0.29) is 5.91 Å². The van der Waals surface area contributed by atoms with Crippen LogP contribution in [0.2, 0.25) is 0 Å². The smallest absolute Gasteiger partial charge is 0.219 e.